The number of hydrogen-bond donors (Lipinski definition) is 1. The van der Waals surface area contributed by atoms with Crippen molar-refractivity contribution >= 4 is 5.91 Å². The summed E-state index contributed by atoms with van der Waals surface area (Å²) >= 11 is 0. The highest BCUT2D eigenvalue weighted by molar-refractivity contribution is 5.91. The van der Waals surface area contributed by atoms with Gasteiger partial charge in [0.15, 0.2) is 0 Å². The van der Waals surface area contributed by atoms with E-state index in [0.29, 0.717) is 18.0 Å². The highest BCUT2D eigenvalue weighted by Gasteiger charge is 2.58. The molecule has 1 heterocycles. The van der Waals surface area contributed by atoms with E-state index >= 15 is 0 Å². The largest absolute Gasteiger partial charge is 0.326 e. The Morgan fingerprint density at radius 1 is 1.39 bits per heavy atom. The number of amides is 1. The maximum atomic E-state index is 12.5. The molecule has 2 aliphatic carbocycles. The van der Waals surface area contributed by atoms with E-state index in [9.17, 15) is 4.79 Å². The van der Waals surface area contributed by atoms with Crippen molar-refractivity contribution in [3.05, 3.63) is 0 Å². The molecule has 3 fully saturated rings. The molecule has 3 heteroatoms. The number of carbonyl (C=O) groups is 1. The van der Waals surface area contributed by atoms with Crippen LogP contribution in [0.1, 0.15) is 58.8 Å². The van der Waals surface area contributed by atoms with Crippen molar-refractivity contribution in [2.45, 2.75) is 70.5 Å². The van der Waals surface area contributed by atoms with Crippen LogP contribution >= 0.6 is 0 Å². The fourth-order valence-electron chi connectivity index (χ4n) is 3.35. The Bertz CT molecular complexity index is 331. The third kappa shape index (κ3) is 2.18. The molecule has 1 spiro atoms. The standard InChI is InChI=1S/C15H26N2O/c1-11(2)10-13-16-15(7-8-15)14(18)17(13)9-6-12-4-3-5-12/h11-13,16H,3-10H2,1-2H3. The molecule has 1 atom stereocenters. The van der Waals surface area contributed by atoms with E-state index < -0.39 is 0 Å². The van der Waals surface area contributed by atoms with Crippen molar-refractivity contribution in [3.8, 4) is 0 Å². The van der Waals surface area contributed by atoms with Crippen LogP contribution in [0.2, 0.25) is 0 Å². The van der Waals surface area contributed by atoms with E-state index in [4.69, 9.17) is 0 Å². The zero-order chi connectivity index (χ0) is 12.8. The van der Waals surface area contributed by atoms with Gasteiger partial charge in [0.1, 0.15) is 0 Å². The van der Waals surface area contributed by atoms with Gasteiger partial charge in [-0.15, -0.1) is 0 Å². The van der Waals surface area contributed by atoms with Crippen molar-refractivity contribution < 1.29 is 4.79 Å². The molecule has 0 aromatic heterocycles. The van der Waals surface area contributed by atoms with E-state index in [1.807, 2.05) is 0 Å². The van der Waals surface area contributed by atoms with Crippen molar-refractivity contribution in [1.82, 2.24) is 10.2 Å². The molecule has 1 aliphatic heterocycles. The van der Waals surface area contributed by atoms with E-state index in [0.717, 1.165) is 31.7 Å². The van der Waals surface area contributed by atoms with Crippen LogP contribution in [0.25, 0.3) is 0 Å². The molecule has 1 amide bonds. The molecule has 18 heavy (non-hydrogen) atoms. The van der Waals surface area contributed by atoms with Crippen molar-refractivity contribution in [1.29, 1.82) is 0 Å². The second-order valence-electron chi connectivity index (χ2n) is 6.96. The lowest BCUT2D eigenvalue weighted by molar-refractivity contribution is -0.131. The number of nitrogens with one attached hydrogen (secondary N) is 1. The first kappa shape index (κ1) is 12.5. The molecule has 102 valence electrons. The molecule has 3 rings (SSSR count). The minimum Gasteiger partial charge on any atom is -0.326 e. The second kappa shape index (κ2) is 4.52. The average Bonchev–Trinajstić information content (AvgIpc) is 2.95. The first-order chi connectivity index (χ1) is 8.61. The summed E-state index contributed by atoms with van der Waals surface area (Å²) in [6.07, 6.45) is 8.90. The number of rotatable bonds is 5. The smallest absolute Gasteiger partial charge is 0.244 e. The Balaban J connectivity index is 1.61. The minimum atomic E-state index is -0.126. The monoisotopic (exact) mass is 250 g/mol. The number of hydrogen-bond acceptors (Lipinski definition) is 2. The first-order valence-corrected chi connectivity index (χ1v) is 7.69. The molecule has 3 nitrogen and oxygen atoms in total. The van der Waals surface area contributed by atoms with Crippen LogP contribution in [0.15, 0.2) is 0 Å². The second-order valence-corrected chi connectivity index (χ2v) is 6.96. The van der Waals surface area contributed by atoms with Crippen molar-refractivity contribution in [3.63, 3.8) is 0 Å². The fraction of sp³-hybridized carbons (Fsp3) is 0.933. The van der Waals surface area contributed by atoms with Gasteiger partial charge in [0, 0.05) is 6.54 Å². The summed E-state index contributed by atoms with van der Waals surface area (Å²) < 4.78 is 0. The molecule has 2 saturated carbocycles. The lowest BCUT2D eigenvalue weighted by Crippen LogP contribution is -2.39. The molecular formula is C15H26N2O. The predicted molar refractivity (Wildman–Crippen MR) is 72.0 cm³/mol. The maximum Gasteiger partial charge on any atom is 0.244 e. The molecule has 3 aliphatic rings. The first-order valence-electron chi connectivity index (χ1n) is 7.69. The lowest BCUT2D eigenvalue weighted by Gasteiger charge is -2.30. The van der Waals surface area contributed by atoms with Gasteiger partial charge in [-0.25, -0.2) is 0 Å². The van der Waals surface area contributed by atoms with Gasteiger partial charge in [-0.2, -0.15) is 0 Å². The Labute approximate surface area is 110 Å². The van der Waals surface area contributed by atoms with Gasteiger partial charge in [-0.3, -0.25) is 10.1 Å². The number of nitrogens with zero attached hydrogens (tertiary/aromatic N) is 1. The summed E-state index contributed by atoms with van der Waals surface area (Å²) in [6.45, 7) is 5.47. The maximum absolute atomic E-state index is 12.5. The minimum absolute atomic E-state index is 0.126. The molecule has 1 N–H and O–H groups in total. The summed E-state index contributed by atoms with van der Waals surface area (Å²) in [5.41, 5.74) is -0.126. The number of carbonyl (C=O) groups excluding carboxylic acids is 1. The van der Waals surface area contributed by atoms with E-state index in [2.05, 4.69) is 24.1 Å². The van der Waals surface area contributed by atoms with Gasteiger partial charge in [-0.1, -0.05) is 33.1 Å². The van der Waals surface area contributed by atoms with Crippen LogP contribution in [0.5, 0.6) is 0 Å². The normalized spacial score (nSPS) is 30.3. The topological polar surface area (TPSA) is 32.3 Å². The highest BCUT2D eigenvalue weighted by Crippen LogP contribution is 2.43. The Hall–Kier alpha value is -0.570. The van der Waals surface area contributed by atoms with Crippen LogP contribution < -0.4 is 5.32 Å². The van der Waals surface area contributed by atoms with Gasteiger partial charge in [0.2, 0.25) is 5.91 Å². The van der Waals surface area contributed by atoms with Gasteiger partial charge >= 0.3 is 0 Å². The van der Waals surface area contributed by atoms with Crippen molar-refractivity contribution in [2.24, 2.45) is 11.8 Å². The van der Waals surface area contributed by atoms with E-state index in [1.54, 1.807) is 0 Å². The van der Waals surface area contributed by atoms with Gasteiger partial charge in [0.25, 0.3) is 0 Å². The molecular weight excluding hydrogens is 224 g/mol. The van der Waals surface area contributed by atoms with Gasteiger partial charge in [-0.05, 0) is 37.5 Å². The molecule has 0 aromatic rings. The molecule has 0 bridgehead atoms. The summed E-state index contributed by atoms with van der Waals surface area (Å²) in [5, 5.41) is 3.61. The van der Waals surface area contributed by atoms with E-state index in [-0.39, 0.29) is 5.54 Å². The van der Waals surface area contributed by atoms with Gasteiger partial charge < -0.3 is 4.90 Å². The molecule has 1 saturated heterocycles. The summed E-state index contributed by atoms with van der Waals surface area (Å²) in [7, 11) is 0. The van der Waals surface area contributed by atoms with E-state index in [1.165, 1.54) is 25.7 Å². The quantitative estimate of drug-likeness (QED) is 0.813. The summed E-state index contributed by atoms with van der Waals surface area (Å²) in [5.74, 6) is 1.94. The van der Waals surface area contributed by atoms with Crippen LogP contribution in [-0.4, -0.2) is 29.1 Å². The van der Waals surface area contributed by atoms with Crippen LogP contribution in [0, 0.1) is 11.8 Å². The zero-order valence-corrected chi connectivity index (χ0v) is 11.7. The molecule has 1 unspecified atom stereocenters. The third-order valence-corrected chi connectivity index (χ3v) is 4.94. The van der Waals surface area contributed by atoms with Crippen LogP contribution in [0.3, 0.4) is 0 Å². The Morgan fingerprint density at radius 2 is 2.11 bits per heavy atom. The van der Waals surface area contributed by atoms with Crippen LogP contribution in [-0.2, 0) is 4.79 Å². The SMILES string of the molecule is CC(C)CC1NC2(CC2)C(=O)N1CCC1CCC1. The van der Waals surface area contributed by atoms with Crippen LogP contribution in [0.4, 0.5) is 0 Å². The van der Waals surface area contributed by atoms with Gasteiger partial charge in [0.05, 0.1) is 11.7 Å². The predicted octanol–water partition coefficient (Wildman–Crippen LogP) is 2.51. The average molecular weight is 250 g/mol. The lowest BCUT2D eigenvalue weighted by atomic mass is 9.83. The van der Waals surface area contributed by atoms with Crippen molar-refractivity contribution in [2.75, 3.05) is 6.54 Å². The Kier molecular flexibility index (Phi) is 3.13. The summed E-state index contributed by atoms with van der Waals surface area (Å²) in [6, 6.07) is 0. The fourth-order valence-corrected chi connectivity index (χ4v) is 3.35. The third-order valence-electron chi connectivity index (χ3n) is 4.94. The summed E-state index contributed by atoms with van der Waals surface area (Å²) in [4.78, 5) is 14.6. The zero-order valence-electron chi connectivity index (χ0n) is 11.7. The molecule has 0 aromatic carbocycles. The molecule has 0 radical (unpaired) electrons. The Morgan fingerprint density at radius 3 is 2.61 bits per heavy atom. The highest BCUT2D eigenvalue weighted by atomic mass is 16.2.